The average molecular weight is 437 g/mol. The summed E-state index contributed by atoms with van der Waals surface area (Å²) in [5.74, 6) is 2.62. The Bertz CT molecular complexity index is 878. The molecule has 4 fully saturated rings. The lowest BCUT2D eigenvalue weighted by molar-refractivity contribution is -0.164. The lowest BCUT2D eigenvalue weighted by Gasteiger charge is -2.61. The Morgan fingerprint density at radius 2 is 1.75 bits per heavy atom. The number of ether oxygens (including phenoxy) is 1. The first kappa shape index (κ1) is 22.2. The summed E-state index contributed by atoms with van der Waals surface area (Å²) in [5.41, 5.74) is 0.793. The second-order valence-corrected chi connectivity index (χ2v) is 11.8. The predicted octanol–water partition coefficient (Wildman–Crippen LogP) is 6.41. The molecule has 0 radical (unpaired) electrons. The van der Waals surface area contributed by atoms with Crippen LogP contribution in [-0.2, 0) is 9.53 Å². The predicted molar refractivity (Wildman–Crippen MR) is 128 cm³/mol. The largest absolute Gasteiger partial charge is 0.463 e. The molecule has 0 spiro atoms. The summed E-state index contributed by atoms with van der Waals surface area (Å²) in [4.78, 5) is 11.5. The third-order valence-electron chi connectivity index (χ3n) is 10.5. The van der Waals surface area contributed by atoms with Gasteiger partial charge in [-0.2, -0.15) is 0 Å². The minimum absolute atomic E-state index is 0.0302. The van der Waals surface area contributed by atoms with E-state index in [0.717, 1.165) is 43.9 Å². The first-order valence-corrected chi connectivity index (χ1v) is 12.9. The van der Waals surface area contributed by atoms with Crippen LogP contribution in [-0.4, -0.2) is 22.8 Å². The summed E-state index contributed by atoms with van der Waals surface area (Å²) in [5, 5.41) is 11.9. The first-order valence-electron chi connectivity index (χ1n) is 12.9. The zero-order valence-corrected chi connectivity index (χ0v) is 20.1. The van der Waals surface area contributed by atoms with Crippen LogP contribution in [0.2, 0.25) is 0 Å². The maximum Gasteiger partial charge on any atom is 0.302 e. The number of benzene rings is 1. The van der Waals surface area contributed by atoms with E-state index in [0.29, 0.717) is 17.3 Å². The molecule has 5 rings (SSSR count). The lowest BCUT2D eigenvalue weighted by Crippen LogP contribution is -2.56. The Morgan fingerprint density at radius 1 is 1.00 bits per heavy atom. The Kier molecular flexibility index (Phi) is 5.55. The number of rotatable bonds is 3. The SMILES string of the molecule is CC(=O)O[C@@H]1CCC2(C)C(CCC3C2CCC2(C)C3CC[C@@]2(O)C=Cc2ccccc2)C1. The standard InChI is InChI=1S/C29H40O3/c1-20(30)32-23-12-15-27(2)22(19-23)9-10-24-25(27)13-16-28(3)26(24)14-18-29(28,31)17-11-21-7-5-4-6-8-21/h4-8,11,17,22-26,31H,9-10,12-16,18-19H2,1-3H3/t22?,23-,24?,25?,26?,27?,28?,29+/m1/s1. The van der Waals surface area contributed by atoms with E-state index >= 15 is 0 Å². The first-order chi connectivity index (χ1) is 15.3. The van der Waals surface area contributed by atoms with Crippen LogP contribution in [0.3, 0.4) is 0 Å². The minimum atomic E-state index is -0.705. The van der Waals surface area contributed by atoms with E-state index in [1.165, 1.54) is 31.2 Å². The number of aliphatic hydroxyl groups is 1. The normalized spacial score (nSPS) is 45.7. The lowest BCUT2D eigenvalue weighted by atomic mass is 9.44. The van der Waals surface area contributed by atoms with Crippen molar-refractivity contribution in [1.29, 1.82) is 0 Å². The molecule has 6 unspecified atom stereocenters. The molecule has 0 aliphatic heterocycles. The molecule has 8 atom stereocenters. The smallest absolute Gasteiger partial charge is 0.302 e. The monoisotopic (exact) mass is 436 g/mol. The van der Waals surface area contributed by atoms with Crippen molar-refractivity contribution in [1.82, 2.24) is 0 Å². The molecule has 1 aromatic rings. The molecule has 0 heterocycles. The second-order valence-electron chi connectivity index (χ2n) is 11.8. The fourth-order valence-electron chi connectivity index (χ4n) is 8.68. The molecular formula is C29H40O3. The van der Waals surface area contributed by atoms with Gasteiger partial charge >= 0.3 is 5.97 Å². The van der Waals surface area contributed by atoms with Crippen LogP contribution in [0.25, 0.3) is 6.08 Å². The summed E-state index contributed by atoms with van der Waals surface area (Å²) >= 11 is 0. The van der Waals surface area contributed by atoms with Gasteiger partial charge in [-0.05, 0) is 92.4 Å². The van der Waals surface area contributed by atoms with Crippen LogP contribution in [0.1, 0.15) is 84.1 Å². The Morgan fingerprint density at radius 3 is 2.50 bits per heavy atom. The van der Waals surface area contributed by atoms with E-state index < -0.39 is 5.60 Å². The number of hydrogen-bond acceptors (Lipinski definition) is 3. The Hall–Kier alpha value is -1.61. The van der Waals surface area contributed by atoms with Crippen LogP contribution in [0.15, 0.2) is 36.4 Å². The van der Waals surface area contributed by atoms with Crippen molar-refractivity contribution in [3.63, 3.8) is 0 Å². The summed E-state index contributed by atoms with van der Waals surface area (Å²) in [6.07, 6.45) is 14.5. The van der Waals surface area contributed by atoms with E-state index in [2.05, 4.69) is 50.3 Å². The fraction of sp³-hybridized carbons (Fsp3) is 0.690. The Balaban J connectivity index is 1.35. The quantitative estimate of drug-likeness (QED) is 0.557. The van der Waals surface area contributed by atoms with Crippen molar-refractivity contribution in [3.8, 4) is 0 Å². The van der Waals surface area contributed by atoms with Crippen LogP contribution in [0.4, 0.5) is 0 Å². The highest BCUT2D eigenvalue weighted by atomic mass is 16.5. The second kappa shape index (κ2) is 8.01. The zero-order valence-electron chi connectivity index (χ0n) is 20.1. The third kappa shape index (κ3) is 3.47. The molecule has 0 amide bonds. The summed E-state index contributed by atoms with van der Waals surface area (Å²) in [6.45, 7) is 6.46. The molecular weight excluding hydrogens is 396 g/mol. The minimum Gasteiger partial charge on any atom is -0.463 e. The van der Waals surface area contributed by atoms with Gasteiger partial charge in [-0.25, -0.2) is 0 Å². The highest BCUT2D eigenvalue weighted by molar-refractivity contribution is 5.66. The molecule has 4 aliphatic rings. The van der Waals surface area contributed by atoms with Crippen LogP contribution in [0, 0.1) is 34.5 Å². The van der Waals surface area contributed by atoms with Gasteiger partial charge in [-0.15, -0.1) is 0 Å². The van der Waals surface area contributed by atoms with E-state index in [1.807, 2.05) is 6.07 Å². The highest BCUT2D eigenvalue weighted by Gasteiger charge is 2.64. The van der Waals surface area contributed by atoms with Gasteiger partial charge in [0.25, 0.3) is 0 Å². The Labute approximate surface area is 193 Å². The number of hydrogen-bond donors (Lipinski definition) is 1. The zero-order chi connectivity index (χ0) is 22.6. The van der Waals surface area contributed by atoms with E-state index in [9.17, 15) is 9.90 Å². The topological polar surface area (TPSA) is 46.5 Å². The van der Waals surface area contributed by atoms with E-state index in [-0.39, 0.29) is 17.5 Å². The molecule has 3 heteroatoms. The van der Waals surface area contributed by atoms with Crippen LogP contribution in [0.5, 0.6) is 0 Å². The molecule has 0 saturated heterocycles. The third-order valence-corrected chi connectivity index (χ3v) is 10.5. The number of carbonyl (C=O) groups is 1. The molecule has 32 heavy (non-hydrogen) atoms. The summed E-state index contributed by atoms with van der Waals surface area (Å²) < 4.78 is 5.62. The van der Waals surface area contributed by atoms with Gasteiger partial charge in [-0.3, -0.25) is 4.79 Å². The maximum atomic E-state index is 11.9. The fourth-order valence-corrected chi connectivity index (χ4v) is 8.68. The van der Waals surface area contributed by atoms with E-state index in [1.54, 1.807) is 6.92 Å². The van der Waals surface area contributed by atoms with Gasteiger partial charge < -0.3 is 9.84 Å². The van der Waals surface area contributed by atoms with Crippen molar-refractivity contribution in [2.75, 3.05) is 0 Å². The van der Waals surface area contributed by atoms with Crippen molar-refractivity contribution >= 4 is 12.0 Å². The molecule has 0 aromatic heterocycles. The molecule has 0 bridgehead atoms. The van der Waals surface area contributed by atoms with Gasteiger partial charge in [0.15, 0.2) is 0 Å². The van der Waals surface area contributed by atoms with Gasteiger partial charge in [0.05, 0.1) is 5.60 Å². The van der Waals surface area contributed by atoms with Gasteiger partial charge in [0, 0.05) is 12.3 Å². The highest BCUT2D eigenvalue weighted by Crippen LogP contribution is 2.68. The molecule has 174 valence electrons. The van der Waals surface area contributed by atoms with Crippen molar-refractivity contribution < 1.29 is 14.6 Å². The maximum absolute atomic E-state index is 11.9. The van der Waals surface area contributed by atoms with Crippen LogP contribution >= 0.6 is 0 Å². The molecule has 1 N–H and O–H groups in total. The van der Waals surface area contributed by atoms with Gasteiger partial charge in [0.2, 0.25) is 0 Å². The molecule has 3 nitrogen and oxygen atoms in total. The van der Waals surface area contributed by atoms with Crippen LogP contribution < -0.4 is 0 Å². The average Bonchev–Trinajstić information content (AvgIpc) is 3.04. The van der Waals surface area contributed by atoms with Crippen molar-refractivity contribution in [3.05, 3.63) is 42.0 Å². The van der Waals surface area contributed by atoms with Crippen molar-refractivity contribution in [2.24, 2.45) is 34.5 Å². The van der Waals surface area contributed by atoms with Crippen molar-refractivity contribution in [2.45, 2.75) is 90.3 Å². The number of fused-ring (bicyclic) bond motifs is 5. The van der Waals surface area contributed by atoms with Gasteiger partial charge in [-0.1, -0.05) is 56.3 Å². The molecule has 4 saturated carbocycles. The molecule has 4 aliphatic carbocycles. The number of carbonyl (C=O) groups excluding carboxylic acids is 1. The summed E-state index contributed by atoms with van der Waals surface area (Å²) in [7, 11) is 0. The summed E-state index contributed by atoms with van der Waals surface area (Å²) in [6, 6.07) is 10.4. The van der Waals surface area contributed by atoms with E-state index in [4.69, 9.17) is 4.74 Å². The molecule has 1 aromatic carbocycles. The van der Waals surface area contributed by atoms with Gasteiger partial charge in [0.1, 0.15) is 6.10 Å². The number of esters is 1.